The Kier molecular flexibility index (Phi) is 9.00. The third kappa shape index (κ3) is 7.54. The van der Waals surface area contributed by atoms with Crippen molar-refractivity contribution in [3.63, 3.8) is 0 Å². The van der Waals surface area contributed by atoms with Gasteiger partial charge < -0.3 is 18.9 Å². The van der Waals surface area contributed by atoms with Crippen LogP contribution in [0.5, 0.6) is 11.5 Å². The summed E-state index contributed by atoms with van der Waals surface area (Å²) < 4.78 is 21.9. The Balaban J connectivity index is 2.42. The molecule has 0 bridgehead atoms. The van der Waals surface area contributed by atoms with Crippen molar-refractivity contribution in [3.8, 4) is 11.5 Å². The van der Waals surface area contributed by atoms with Crippen LogP contribution in [0.4, 0.5) is 0 Å². The standard InChI is InChI=1S/C17H24O4/c1-4-8-18-10-12-20-16-7-6-15(3)14-17(16)21-13-11-19-9-5-2/h4-7,14H,1-2,8-13H2,3H3. The van der Waals surface area contributed by atoms with Crippen molar-refractivity contribution >= 4 is 0 Å². The molecule has 0 aliphatic heterocycles. The van der Waals surface area contributed by atoms with Gasteiger partial charge in [-0.05, 0) is 24.6 Å². The first kappa shape index (κ1) is 17.3. The molecule has 0 fully saturated rings. The summed E-state index contributed by atoms with van der Waals surface area (Å²) in [7, 11) is 0. The maximum atomic E-state index is 5.70. The van der Waals surface area contributed by atoms with Crippen molar-refractivity contribution in [2.45, 2.75) is 6.92 Å². The summed E-state index contributed by atoms with van der Waals surface area (Å²) in [6.45, 7) is 12.2. The fraction of sp³-hybridized carbons (Fsp3) is 0.412. The van der Waals surface area contributed by atoms with Gasteiger partial charge in [0.2, 0.25) is 0 Å². The first-order chi connectivity index (χ1) is 10.3. The molecule has 0 amide bonds. The summed E-state index contributed by atoms with van der Waals surface area (Å²) in [6.07, 6.45) is 3.42. The molecule has 0 atom stereocenters. The van der Waals surface area contributed by atoms with Crippen LogP contribution in [0.3, 0.4) is 0 Å². The van der Waals surface area contributed by atoms with Gasteiger partial charge in [-0.3, -0.25) is 0 Å². The molecule has 1 aromatic carbocycles. The average molecular weight is 292 g/mol. The quantitative estimate of drug-likeness (QED) is 0.438. The Bertz CT molecular complexity index is 429. The number of ether oxygens (including phenoxy) is 4. The molecule has 4 nitrogen and oxygen atoms in total. The lowest BCUT2D eigenvalue weighted by molar-refractivity contribution is 0.110. The maximum Gasteiger partial charge on any atom is 0.161 e. The molecule has 0 saturated carbocycles. The number of hydrogen-bond acceptors (Lipinski definition) is 4. The van der Waals surface area contributed by atoms with Gasteiger partial charge in [0.25, 0.3) is 0 Å². The van der Waals surface area contributed by atoms with Crippen LogP contribution in [0, 0.1) is 6.92 Å². The van der Waals surface area contributed by atoms with Crippen molar-refractivity contribution in [3.05, 3.63) is 49.1 Å². The van der Waals surface area contributed by atoms with Crippen molar-refractivity contribution < 1.29 is 18.9 Å². The van der Waals surface area contributed by atoms with E-state index in [0.29, 0.717) is 45.4 Å². The molecule has 1 aromatic rings. The van der Waals surface area contributed by atoms with Crippen LogP contribution >= 0.6 is 0 Å². The summed E-state index contributed by atoms with van der Waals surface area (Å²) in [5, 5.41) is 0. The minimum Gasteiger partial charge on any atom is -0.487 e. The lowest BCUT2D eigenvalue weighted by Crippen LogP contribution is -2.10. The maximum absolute atomic E-state index is 5.70. The van der Waals surface area contributed by atoms with Gasteiger partial charge in [-0.1, -0.05) is 18.2 Å². The molecule has 116 valence electrons. The Morgan fingerprint density at radius 1 is 0.857 bits per heavy atom. The van der Waals surface area contributed by atoms with Crippen LogP contribution < -0.4 is 9.47 Å². The fourth-order valence-corrected chi connectivity index (χ4v) is 1.60. The van der Waals surface area contributed by atoms with Gasteiger partial charge in [-0.25, -0.2) is 0 Å². The van der Waals surface area contributed by atoms with Gasteiger partial charge in [-0.15, -0.1) is 13.2 Å². The zero-order chi connectivity index (χ0) is 15.3. The highest BCUT2D eigenvalue weighted by Gasteiger charge is 2.05. The Morgan fingerprint density at radius 2 is 1.43 bits per heavy atom. The normalized spacial score (nSPS) is 10.1. The van der Waals surface area contributed by atoms with Crippen molar-refractivity contribution in [1.29, 1.82) is 0 Å². The molecular weight excluding hydrogens is 268 g/mol. The van der Waals surface area contributed by atoms with Crippen LogP contribution in [0.1, 0.15) is 5.56 Å². The van der Waals surface area contributed by atoms with Gasteiger partial charge in [0.15, 0.2) is 11.5 Å². The summed E-state index contributed by atoms with van der Waals surface area (Å²) in [5.74, 6) is 1.44. The predicted molar refractivity (Wildman–Crippen MR) is 84.2 cm³/mol. The number of hydrogen-bond donors (Lipinski definition) is 0. The molecule has 1 rings (SSSR count). The Hall–Kier alpha value is -1.78. The second kappa shape index (κ2) is 10.9. The van der Waals surface area contributed by atoms with E-state index in [-0.39, 0.29) is 0 Å². The summed E-state index contributed by atoms with van der Waals surface area (Å²) in [5.41, 5.74) is 1.12. The topological polar surface area (TPSA) is 36.9 Å². The molecule has 0 N–H and O–H groups in total. The minimum atomic E-state index is 0.472. The number of benzene rings is 1. The van der Waals surface area contributed by atoms with Crippen LogP contribution in [-0.2, 0) is 9.47 Å². The number of aryl methyl sites for hydroxylation is 1. The summed E-state index contributed by atoms with van der Waals surface area (Å²) in [6, 6.07) is 5.84. The van der Waals surface area contributed by atoms with Gasteiger partial charge in [0.1, 0.15) is 13.2 Å². The molecule has 0 aliphatic rings. The van der Waals surface area contributed by atoms with Crippen molar-refractivity contribution in [2.24, 2.45) is 0 Å². The van der Waals surface area contributed by atoms with E-state index in [1.807, 2.05) is 25.1 Å². The molecule has 0 unspecified atom stereocenters. The predicted octanol–water partition coefficient (Wildman–Crippen LogP) is 3.16. The molecule has 0 spiro atoms. The van der Waals surface area contributed by atoms with E-state index in [1.54, 1.807) is 12.2 Å². The summed E-state index contributed by atoms with van der Waals surface area (Å²) in [4.78, 5) is 0. The van der Waals surface area contributed by atoms with E-state index >= 15 is 0 Å². The molecule has 0 aliphatic carbocycles. The summed E-state index contributed by atoms with van der Waals surface area (Å²) >= 11 is 0. The second-order valence-electron chi connectivity index (χ2n) is 4.37. The highest BCUT2D eigenvalue weighted by molar-refractivity contribution is 5.42. The third-order valence-electron chi connectivity index (χ3n) is 2.54. The van der Waals surface area contributed by atoms with Crippen molar-refractivity contribution in [2.75, 3.05) is 39.6 Å². The highest BCUT2D eigenvalue weighted by Crippen LogP contribution is 2.28. The van der Waals surface area contributed by atoms with E-state index in [4.69, 9.17) is 18.9 Å². The smallest absolute Gasteiger partial charge is 0.161 e. The lowest BCUT2D eigenvalue weighted by Gasteiger charge is -2.13. The van der Waals surface area contributed by atoms with Crippen LogP contribution in [-0.4, -0.2) is 39.6 Å². The zero-order valence-corrected chi connectivity index (χ0v) is 12.7. The van der Waals surface area contributed by atoms with Gasteiger partial charge in [-0.2, -0.15) is 0 Å². The van der Waals surface area contributed by atoms with Gasteiger partial charge >= 0.3 is 0 Å². The second-order valence-corrected chi connectivity index (χ2v) is 4.37. The SMILES string of the molecule is C=CCOCCOc1ccc(C)cc1OCCOCC=C. The van der Waals surface area contributed by atoms with E-state index in [2.05, 4.69) is 13.2 Å². The van der Waals surface area contributed by atoms with E-state index in [1.165, 1.54) is 0 Å². The molecule has 0 heterocycles. The Labute approximate surface area is 127 Å². The minimum absolute atomic E-state index is 0.472. The molecule has 0 saturated heterocycles. The number of rotatable bonds is 12. The van der Waals surface area contributed by atoms with E-state index in [0.717, 1.165) is 11.3 Å². The van der Waals surface area contributed by atoms with Crippen LogP contribution in [0.25, 0.3) is 0 Å². The van der Waals surface area contributed by atoms with E-state index in [9.17, 15) is 0 Å². The van der Waals surface area contributed by atoms with Crippen LogP contribution in [0.15, 0.2) is 43.5 Å². The van der Waals surface area contributed by atoms with Gasteiger partial charge in [0, 0.05) is 0 Å². The van der Waals surface area contributed by atoms with Crippen molar-refractivity contribution in [1.82, 2.24) is 0 Å². The Morgan fingerprint density at radius 3 is 2.00 bits per heavy atom. The molecule has 0 aromatic heterocycles. The van der Waals surface area contributed by atoms with Crippen LogP contribution in [0.2, 0.25) is 0 Å². The largest absolute Gasteiger partial charge is 0.487 e. The first-order valence-electron chi connectivity index (χ1n) is 7.01. The first-order valence-corrected chi connectivity index (χ1v) is 7.01. The monoisotopic (exact) mass is 292 g/mol. The zero-order valence-electron chi connectivity index (χ0n) is 12.7. The third-order valence-corrected chi connectivity index (χ3v) is 2.54. The fourth-order valence-electron chi connectivity index (χ4n) is 1.60. The molecule has 0 radical (unpaired) electrons. The van der Waals surface area contributed by atoms with E-state index < -0.39 is 0 Å². The van der Waals surface area contributed by atoms with Gasteiger partial charge in [0.05, 0.1) is 26.4 Å². The highest BCUT2D eigenvalue weighted by atomic mass is 16.6. The molecule has 21 heavy (non-hydrogen) atoms. The average Bonchev–Trinajstić information content (AvgIpc) is 2.48. The molecular formula is C17H24O4. The molecule has 4 heteroatoms. The lowest BCUT2D eigenvalue weighted by atomic mass is 10.2.